The molecule has 4 nitrogen and oxygen atoms in total. The Bertz CT molecular complexity index is 522. The van der Waals surface area contributed by atoms with Crippen molar-refractivity contribution in [1.82, 2.24) is 14.9 Å². The van der Waals surface area contributed by atoms with Crippen molar-refractivity contribution in [1.29, 1.82) is 5.26 Å². The second-order valence-corrected chi connectivity index (χ2v) is 3.92. The maximum absolute atomic E-state index is 8.84. The number of aryl methyl sites for hydroxylation is 1. The molecule has 0 radical (unpaired) electrons. The molecule has 0 atom stereocenters. The number of hydrogen-bond donors (Lipinski definition) is 1. The third-order valence-electron chi connectivity index (χ3n) is 2.56. The second-order valence-electron chi connectivity index (χ2n) is 3.92. The van der Waals surface area contributed by atoms with Gasteiger partial charge < -0.3 is 9.88 Å². The summed E-state index contributed by atoms with van der Waals surface area (Å²) in [6.07, 6.45) is 5.58. The predicted octanol–water partition coefficient (Wildman–Crippen LogP) is 1.58. The molecule has 0 bridgehead atoms. The molecule has 0 aliphatic heterocycles. The van der Waals surface area contributed by atoms with Crippen LogP contribution in [0.1, 0.15) is 16.8 Å². The van der Waals surface area contributed by atoms with Crippen molar-refractivity contribution in [3.63, 3.8) is 0 Å². The monoisotopic (exact) mass is 226 g/mol. The quantitative estimate of drug-likeness (QED) is 0.861. The molecule has 0 unspecified atom stereocenters. The standard InChI is InChI=1S/C13H14N4/c1-17-10-12(5-13(17)6-14)9-16-8-11-3-2-4-15-7-11/h2-5,7,10,16H,8-9H2,1H3. The molecule has 0 saturated heterocycles. The van der Waals surface area contributed by atoms with Gasteiger partial charge in [-0.05, 0) is 23.3 Å². The molecule has 0 amide bonds. The lowest BCUT2D eigenvalue weighted by Gasteiger charge is -2.02. The molecule has 0 saturated carbocycles. The summed E-state index contributed by atoms with van der Waals surface area (Å²) in [5.74, 6) is 0. The normalized spacial score (nSPS) is 10.1. The van der Waals surface area contributed by atoms with Crippen LogP contribution >= 0.6 is 0 Å². The predicted molar refractivity (Wildman–Crippen MR) is 64.9 cm³/mol. The SMILES string of the molecule is Cn1cc(CNCc2cccnc2)cc1C#N. The summed E-state index contributed by atoms with van der Waals surface area (Å²) in [6.45, 7) is 1.54. The lowest BCUT2D eigenvalue weighted by molar-refractivity contribution is 0.690. The fourth-order valence-electron chi connectivity index (χ4n) is 1.69. The van der Waals surface area contributed by atoms with E-state index in [4.69, 9.17) is 5.26 Å². The van der Waals surface area contributed by atoms with E-state index in [2.05, 4.69) is 16.4 Å². The molecule has 0 spiro atoms. The first-order chi connectivity index (χ1) is 8.29. The molecule has 0 fully saturated rings. The van der Waals surface area contributed by atoms with Crippen molar-refractivity contribution in [2.45, 2.75) is 13.1 Å². The average Bonchev–Trinajstić information content (AvgIpc) is 2.71. The molecule has 0 aliphatic rings. The Kier molecular flexibility index (Phi) is 3.53. The van der Waals surface area contributed by atoms with Gasteiger partial charge in [0.15, 0.2) is 0 Å². The van der Waals surface area contributed by atoms with E-state index in [1.165, 1.54) is 0 Å². The number of hydrogen-bond acceptors (Lipinski definition) is 3. The molecule has 2 rings (SSSR count). The van der Waals surface area contributed by atoms with Crippen LogP contribution in [0, 0.1) is 11.3 Å². The maximum atomic E-state index is 8.84. The molecule has 17 heavy (non-hydrogen) atoms. The van der Waals surface area contributed by atoms with Crippen LogP contribution in [0.25, 0.3) is 0 Å². The number of nitrogens with zero attached hydrogens (tertiary/aromatic N) is 3. The minimum atomic E-state index is 0.683. The summed E-state index contributed by atoms with van der Waals surface area (Å²) in [6, 6.07) is 8.01. The molecular weight excluding hydrogens is 212 g/mol. The third kappa shape index (κ3) is 2.92. The minimum Gasteiger partial charge on any atom is -0.342 e. The maximum Gasteiger partial charge on any atom is 0.120 e. The third-order valence-corrected chi connectivity index (χ3v) is 2.56. The zero-order valence-corrected chi connectivity index (χ0v) is 9.72. The van der Waals surface area contributed by atoms with Crippen molar-refractivity contribution in [2.75, 3.05) is 0 Å². The van der Waals surface area contributed by atoms with Gasteiger partial charge in [0.25, 0.3) is 0 Å². The Morgan fingerprint density at radius 3 is 2.88 bits per heavy atom. The van der Waals surface area contributed by atoms with E-state index in [1.807, 2.05) is 42.2 Å². The summed E-state index contributed by atoms with van der Waals surface area (Å²) in [7, 11) is 1.88. The Morgan fingerprint density at radius 2 is 2.24 bits per heavy atom. The summed E-state index contributed by atoms with van der Waals surface area (Å²) < 4.78 is 1.83. The van der Waals surface area contributed by atoms with Gasteiger partial charge in [-0.2, -0.15) is 5.26 Å². The van der Waals surface area contributed by atoms with E-state index in [0.29, 0.717) is 5.69 Å². The van der Waals surface area contributed by atoms with Crippen LogP contribution in [-0.4, -0.2) is 9.55 Å². The van der Waals surface area contributed by atoms with Crippen molar-refractivity contribution in [3.05, 3.63) is 53.6 Å². The van der Waals surface area contributed by atoms with Gasteiger partial charge in [-0.1, -0.05) is 6.07 Å². The highest BCUT2D eigenvalue weighted by atomic mass is 14.9. The number of rotatable bonds is 4. The highest BCUT2D eigenvalue weighted by Gasteiger charge is 2.01. The van der Waals surface area contributed by atoms with Crippen LogP contribution in [-0.2, 0) is 20.1 Å². The van der Waals surface area contributed by atoms with Gasteiger partial charge in [-0.15, -0.1) is 0 Å². The van der Waals surface area contributed by atoms with E-state index < -0.39 is 0 Å². The highest BCUT2D eigenvalue weighted by molar-refractivity contribution is 5.28. The lowest BCUT2D eigenvalue weighted by atomic mass is 10.2. The molecule has 4 heteroatoms. The van der Waals surface area contributed by atoms with Gasteiger partial charge in [0.05, 0.1) is 0 Å². The molecule has 2 aromatic rings. The molecule has 86 valence electrons. The molecule has 2 heterocycles. The van der Waals surface area contributed by atoms with E-state index in [-0.39, 0.29) is 0 Å². The van der Waals surface area contributed by atoms with E-state index >= 15 is 0 Å². The van der Waals surface area contributed by atoms with Crippen LogP contribution in [0.15, 0.2) is 36.8 Å². The summed E-state index contributed by atoms with van der Waals surface area (Å²) >= 11 is 0. The number of nitriles is 1. The van der Waals surface area contributed by atoms with Gasteiger partial charge in [0, 0.05) is 38.7 Å². The van der Waals surface area contributed by atoms with Gasteiger partial charge >= 0.3 is 0 Å². The highest BCUT2D eigenvalue weighted by Crippen LogP contribution is 2.06. The van der Waals surface area contributed by atoms with Crippen LogP contribution < -0.4 is 5.32 Å². The van der Waals surface area contributed by atoms with E-state index in [1.54, 1.807) is 6.20 Å². The van der Waals surface area contributed by atoms with Crippen molar-refractivity contribution in [3.8, 4) is 6.07 Å². The first-order valence-corrected chi connectivity index (χ1v) is 5.44. The van der Waals surface area contributed by atoms with Gasteiger partial charge in [-0.25, -0.2) is 0 Å². The fraction of sp³-hybridized carbons (Fsp3) is 0.231. The van der Waals surface area contributed by atoms with Crippen molar-refractivity contribution in [2.24, 2.45) is 7.05 Å². The zero-order valence-electron chi connectivity index (χ0n) is 9.72. The Morgan fingerprint density at radius 1 is 1.41 bits per heavy atom. The largest absolute Gasteiger partial charge is 0.342 e. The van der Waals surface area contributed by atoms with Gasteiger partial charge in [0.2, 0.25) is 0 Å². The van der Waals surface area contributed by atoms with Crippen molar-refractivity contribution < 1.29 is 0 Å². The Labute approximate surface area is 101 Å². The lowest BCUT2D eigenvalue weighted by Crippen LogP contribution is -2.12. The molecule has 0 aliphatic carbocycles. The van der Waals surface area contributed by atoms with Gasteiger partial charge in [0.1, 0.15) is 11.8 Å². The van der Waals surface area contributed by atoms with E-state index in [9.17, 15) is 0 Å². The number of aromatic nitrogens is 2. The first-order valence-electron chi connectivity index (χ1n) is 5.44. The second kappa shape index (κ2) is 5.28. The van der Waals surface area contributed by atoms with Crippen LogP contribution in [0.5, 0.6) is 0 Å². The average molecular weight is 226 g/mol. The van der Waals surface area contributed by atoms with Crippen molar-refractivity contribution >= 4 is 0 Å². The Hall–Kier alpha value is -2.12. The zero-order chi connectivity index (χ0) is 12.1. The van der Waals surface area contributed by atoms with E-state index in [0.717, 1.165) is 24.2 Å². The number of pyridine rings is 1. The smallest absolute Gasteiger partial charge is 0.120 e. The Balaban J connectivity index is 1.88. The van der Waals surface area contributed by atoms with Crippen LogP contribution in [0.2, 0.25) is 0 Å². The summed E-state index contributed by atoms with van der Waals surface area (Å²) in [4.78, 5) is 4.05. The minimum absolute atomic E-state index is 0.683. The van der Waals surface area contributed by atoms with Gasteiger partial charge in [-0.3, -0.25) is 4.98 Å². The van der Waals surface area contributed by atoms with Crippen LogP contribution in [0.4, 0.5) is 0 Å². The topological polar surface area (TPSA) is 53.6 Å². The van der Waals surface area contributed by atoms with Crippen LogP contribution in [0.3, 0.4) is 0 Å². The molecule has 1 N–H and O–H groups in total. The summed E-state index contributed by atoms with van der Waals surface area (Å²) in [5, 5.41) is 12.2. The number of nitrogens with one attached hydrogen (secondary N) is 1. The molecule has 2 aromatic heterocycles. The first kappa shape index (κ1) is 11.4. The molecule has 0 aromatic carbocycles. The summed E-state index contributed by atoms with van der Waals surface area (Å²) in [5.41, 5.74) is 2.96. The molecular formula is C13H14N4. The fourth-order valence-corrected chi connectivity index (χ4v) is 1.69.